The minimum Gasteiger partial charge on any atom is -0.480 e. The van der Waals surface area contributed by atoms with Gasteiger partial charge in [0.1, 0.15) is 18.1 Å². The van der Waals surface area contributed by atoms with Gasteiger partial charge in [0.2, 0.25) is 0 Å². The Kier molecular flexibility index (Phi) is 15.6. The zero-order chi connectivity index (χ0) is 23.9. The second kappa shape index (κ2) is 16.0. The van der Waals surface area contributed by atoms with Gasteiger partial charge in [-0.2, -0.15) is 0 Å². The van der Waals surface area contributed by atoms with Gasteiger partial charge in [-0.05, 0) is 12.8 Å². The maximum atomic E-state index is 11.6. The minimum atomic E-state index is -1.39. The van der Waals surface area contributed by atoms with Crippen LogP contribution in [0.25, 0.3) is 0 Å². The number of carbonyl (C=O) groups is 1. The summed E-state index contributed by atoms with van der Waals surface area (Å²) in [5, 5.41) is 9.50. The third-order valence-corrected chi connectivity index (χ3v) is 6.79. The summed E-state index contributed by atoms with van der Waals surface area (Å²) >= 11 is 0. The highest BCUT2D eigenvalue weighted by molar-refractivity contribution is 5.69. The highest BCUT2D eigenvalue weighted by Crippen LogP contribution is 2.29. The van der Waals surface area contributed by atoms with Gasteiger partial charge in [-0.3, -0.25) is 4.79 Å². The molecule has 0 aliphatic carbocycles. The van der Waals surface area contributed by atoms with Crippen molar-refractivity contribution >= 4 is 5.97 Å². The fourth-order valence-electron chi connectivity index (χ4n) is 4.20. The first-order valence-corrected chi connectivity index (χ1v) is 12.7. The van der Waals surface area contributed by atoms with Crippen molar-refractivity contribution in [2.24, 2.45) is 34.8 Å². The molecule has 0 aromatic heterocycles. The number of aliphatic carboxylic acids is 1. The van der Waals surface area contributed by atoms with Gasteiger partial charge in [0.05, 0.1) is 0 Å². The molecule has 0 saturated carbocycles. The average molecular weight is 444 g/mol. The van der Waals surface area contributed by atoms with Gasteiger partial charge >= 0.3 is 5.97 Å². The molecular formula is C24H53N5O2. The van der Waals surface area contributed by atoms with Crippen LogP contribution < -0.4 is 22.9 Å². The van der Waals surface area contributed by atoms with E-state index in [1.165, 1.54) is 56.3 Å². The normalized spacial score (nSPS) is 14.7. The lowest BCUT2D eigenvalue weighted by Crippen LogP contribution is -2.80. The quantitative estimate of drug-likeness (QED) is 0.139. The van der Waals surface area contributed by atoms with E-state index in [1.807, 2.05) is 13.8 Å². The third kappa shape index (κ3) is 11.6. The van der Waals surface area contributed by atoms with Crippen molar-refractivity contribution in [3.8, 4) is 0 Å². The number of rotatable bonds is 20. The Morgan fingerprint density at radius 1 is 0.710 bits per heavy atom. The molecule has 7 nitrogen and oxygen atoms in total. The number of nitrogens with two attached hydrogens (primary N) is 4. The zero-order valence-corrected chi connectivity index (χ0v) is 20.9. The van der Waals surface area contributed by atoms with Crippen LogP contribution >= 0.6 is 0 Å². The fourth-order valence-corrected chi connectivity index (χ4v) is 4.20. The van der Waals surface area contributed by atoms with Gasteiger partial charge in [-0.1, -0.05) is 105 Å². The number of carboxylic acids is 1. The molecule has 0 heterocycles. The zero-order valence-electron chi connectivity index (χ0n) is 20.9. The third-order valence-electron chi connectivity index (χ3n) is 6.79. The molecule has 0 amide bonds. The van der Waals surface area contributed by atoms with E-state index in [1.54, 1.807) is 0 Å². The van der Waals surface area contributed by atoms with Crippen LogP contribution in [0.15, 0.2) is 0 Å². The largest absolute Gasteiger partial charge is 0.480 e. The molecule has 0 radical (unpaired) electrons. The molecule has 2 atom stereocenters. The first-order chi connectivity index (χ1) is 14.5. The Morgan fingerprint density at radius 2 is 1.03 bits per heavy atom. The summed E-state index contributed by atoms with van der Waals surface area (Å²) in [6.45, 7) is 7.97. The van der Waals surface area contributed by atoms with Crippen LogP contribution in [0.5, 0.6) is 0 Å². The predicted molar refractivity (Wildman–Crippen MR) is 131 cm³/mol. The number of nitrogens with zero attached hydrogens (tertiary/aromatic N) is 1. The molecule has 31 heavy (non-hydrogen) atoms. The molecular weight excluding hydrogens is 390 g/mol. The summed E-state index contributed by atoms with van der Waals surface area (Å²) < 4.78 is 0. The Balaban J connectivity index is 4.97. The Bertz CT molecular complexity index is 437. The lowest BCUT2D eigenvalue weighted by atomic mass is 9.89. The Hall–Kier alpha value is -0.730. The molecule has 0 rings (SSSR count). The lowest BCUT2D eigenvalue weighted by Gasteiger charge is -2.51. The van der Waals surface area contributed by atoms with E-state index in [0.29, 0.717) is 0 Å². The topological polar surface area (TPSA) is 145 Å². The van der Waals surface area contributed by atoms with Crippen LogP contribution in [0, 0.1) is 11.8 Å². The second-order valence-corrected chi connectivity index (χ2v) is 9.67. The molecule has 0 saturated heterocycles. The number of hydrogen-bond acceptors (Lipinski definition) is 6. The van der Waals surface area contributed by atoms with E-state index >= 15 is 0 Å². The van der Waals surface area contributed by atoms with Crippen LogP contribution in [0.1, 0.15) is 118 Å². The fraction of sp³-hybridized carbons (Fsp3) is 0.958. The molecule has 0 bridgehead atoms. The number of hydrogen-bond donors (Lipinski definition) is 5. The summed E-state index contributed by atoms with van der Waals surface area (Å²) in [6, 6.07) is 0. The molecule has 9 N–H and O–H groups in total. The molecule has 7 heteroatoms. The first kappa shape index (κ1) is 30.3. The van der Waals surface area contributed by atoms with Gasteiger partial charge in [-0.15, -0.1) is 0 Å². The van der Waals surface area contributed by atoms with E-state index in [0.717, 1.165) is 38.5 Å². The molecule has 0 aliphatic rings. The summed E-state index contributed by atoms with van der Waals surface area (Å²) in [5.74, 6) is -4.07. The first-order valence-electron chi connectivity index (χ1n) is 12.7. The van der Waals surface area contributed by atoms with Crippen molar-refractivity contribution in [2.75, 3.05) is 6.54 Å². The predicted octanol–water partition coefficient (Wildman–Crippen LogP) is 4.29. The number of carboxylic acid groups (broad SMARTS) is 1. The van der Waals surface area contributed by atoms with Crippen LogP contribution in [-0.2, 0) is 4.79 Å². The van der Waals surface area contributed by atoms with E-state index in [2.05, 4.69) is 13.8 Å². The SMILES string of the molecule is CCCCCCCCC(C)C(N)(N)N(CC(=O)O)C(N)(N)C(C)CCCCCCCC. The van der Waals surface area contributed by atoms with Crippen LogP contribution in [0.3, 0.4) is 0 Å². The molecule has 186 valence electrons. The van der Waals surface area contributed by atoms with Crippen molar-refractivity contribution in [1.82, 2.24) is 4.90 Å². The van der Waals surface area contributed by atoms with Gasteiger partial charge in [-0.25, -0.2) is 4.90 Å². The van der Waals surface area contributed by atoms with Crippen molar-refractivity contribution in [1.29, 1.82) is 0 Å². The lowest BCUT2D eigenvalue weighted by molar-refractivity contribution is -0.148. The van der Waals surface area contributed by atoms with Gasteiger partial charge < -0.3 is 28.0 Å². The van der Waals surface area contributed by atoms with Gasteiger partial charge in [0, 0.05) is 11.8 Å². The maximum absolute atomic E-state index is 11.6. The molecule has 2 unspecified atom stereocenters. The van der Waals surface area contributed by atoms with Gasteiger partial charge in [0.15, 0.2) is 0 Å². The standard InChI is InChI=1S/C24H53N5O2/c1-5-7-9-11-13-15-17-20(3)23(25,26)29(19-22(30)31)24(27,28)21(4)18-16-14-12-10-8-6-2/h20-21H,5-19,25-28H2,1-4H3,(H,30,31). The summed E-state index contributed by atoms with van der Waals surface area (Å²) in [5.41, 5.74) is 26.1. The van der Waals surface area contributed by atoms with Crippen molar-refractivity contribution < 1.29 is 9.90 Å². The van der Waals surface area contributed by atoms with Crippen LogP contribution in [0.4, 0.5) is 0 Å². The monoisotopic (exact) mass is 443 g/mol. The minimum absolute atomic E-state index is 0.134. The highest BCUT2D eigenvalue weighted by atomic mass is 16.4. The van der Waals surface area contributed by atoms with Crippen LogP contribution in [0.2, 0.25) is 0 Å². The van der Waals surface area contributed by atoms with E-state index in [9.17, 15) is 9.90 Å². The molecule has 0 spiro atoms. The molecule has 0 aromatic rings. The Labute approximate surface area is 191 Å². The second-order valence-electron chi connectivity index (χ2n) is 9.67. The van der Waals surface area contributed by atoms with Crippen LogP contribution in [-0.4, -0.2) is 34.1 Å². The van der Waals surface area contributed by atoms with Crippen molar-refractivity contribution in [3.05, 3.63) is 0 Å². The van der Waals surface area contributed by atoms with Crippen molar-refractivity contribution in [2.45, 2.75) is 129 Å². The smallest absolute Gasteiger partial charge is 0.317 e. The Morgan fingerprint density at radius 3 is 1.35 bits per heavy atom. The number of unbranched alkanes of at least 4 members (excludes halogenated alkanes) is 10. The molecule has 0 aliphatic heterocycles. The van der Waals surface area contributed by atoms with E-state index in [-0.39, 0.29) is 18.4 Å². The summed E-state index contributed by atoms with van der Waals surface area (Å²) in [7, 11) is 0. The summed E-state index contributed by atoms with van der Waals surface area (Å²) in [4.78, 5) is 13.0. The van der Waals surface area contributed by atoms with Gasteiger partial charge in [0.25, 0.3) is 0 Å². The average Bonchev–Trinajstić information content (AvgIpc) is 2.70. The highest BCUT2D eigenvalue weighted by Gasteiger charge is 2.46. The van der Waals surface area contributed by atoms with Crippen molar-refractivity contribution in [3.63, 3.8) is 0 Å². The van der Waals surface area contributed by atoms with E-state index in [4.69, 9.17) is 22.9 Å². The molecule has 0 fully saturated rings. The molecule has 0 aromatic carbocycles. The maximum Gasteiger partial charge on any atom is 0.317 e. The van der Waals surface area contributed by atoms with E-state index < -0.39 is 17.5 Å². The summed E-state index contributed by atoms with van der Waals surface area (Å²) in [6.07, 6.45) is 15.8.